The maximum absolute atomic E-state index is 10.8. The second kappa shape index (κ2) is 4.63. The third kappa shape index (κ3) is 2.68. The predicted octanol–water partition coefficient (Wildman–Crippen LogP) is 1.53. The van der Waals surface area contributed by atoms with E-state index in [4.69, 9.17) is 9.84 Å². The van der Waals surface area contributed by atoms with Gasteiger partial charge in [0.1, 0.15) is 12.0 Å². The Kier molecular flexibility index (Phi) is 3.19. The molecular formula is C12H15NO4. The number of rotatable bonds is 5. The third-order valence-electron chi connectivity index (χ3n) is 2.82. The fourth-order valence-corrected chi connectivity index (χ4v) is 1.63. The number of hydrogen-bond acceptors (Lipinski definition) is 4. The van der Waals surface area contributed by atoms with Crippen molar-refractivity contribution in [1.29, 1.82) is 0 Å². The van der Waals surface area contributed by atoms with Crippen LogP contribution in [0.25, 0.3) is 0 Å². The molecule has 2 rings (SSSR count). The van der Waals surface area contributed by atoms with Gasteiger partial charge in [0, 0.05) is 5.92 Å². The molecule has 0 aliphatic heterocycles. The summed E-state index contributed by atoms with van der Waals surface area (Å²) in [4.78, 5) is 10.8. The molecule has 1 atom stereocenters. The Morgan fingerprint density at radius 2 is 2.24 bits per heavy atom. The van der Waals surface area contributed by atoms with E-state index in [-0.39, 0.29) is 5.56 Å². The number of aliphatic hydroxyl groups excluding tert-OH is 1. The molecule has 5 heteroatoms. The van der Waals surface area contributed by atoms with E-state index in [9.17, 15) is 9.90 Å². The van der Waals surface area contributed by atoms with Gasteiger partial charge in [-0.2, -0.15) is 0 Å². The SMILES string of the molecule is COc1cc(C(=O)O)ccc1NC(O)C1CC1. The highest BCUT2D eigenvalue weighted by Crippen LogP contribution is 2.35. The molecule has 1 unspecified atom stereocenters. The van der Waals surface area contributed by atoms with E-state index in [0.717, 1.165) is 12.8 Å². The van der Waals surface area contributed by atoms with Crippen LogP contribution >= 0.6 is 0 Å². The van der Waals surface area contributed by atoms with Crippen LogP contribution in [0.5, 0.6) is 5.75 Å². The first-order chi connectivity index (χ1) is 8.11. The van der Waals surface area contributed by atoms with E-state index in [0.29, 0.717) is 17.4 Å². The summed E-state index contributed by atoms with van der Waals surface area (Å²) in [5.41, 5.74) is 0.769. The lowest BCUT2D eigenvalue weighted by Crippen LogP contribution is -2.21. The quantitative estimate of drug-likeness (QED) is 0.677. The second-order valence-corrected chi connectivity index (χ2v) is 4.15. The van der Waals surface area contributed by atoms with Crippen LogP contribution in [-0.2, 0) is 0 Å². The second-order valence-electron chi connectivity index (χ2n) is 4.15. The highest BCUT2D eigenvalue weighted by atomic mass is 16.5. The zero-order chi connectivity index (χ0) is 12.4. The Balaban J connectivity index is 2.17. The molecule has 1 fully saturated rings. The molecule has 1 aromatic carbocycles. The minimum Gasteiger partial charge on any atom is -0.495 e. The summed E-state index contributed by atoms with van der Waals surface area (Å²) in [5, 5.41) is 21.5. The van der Waals surface area contributed by atoms with Gasteiger partial charge < -0.3 is 20.3 Å². The molecule has 1 aliphatic carbocycles. The van der Waals surface area contributed by atoms with Gasteiger partial charge >= 0.3 is 5.97 Å². The molecular weight excluding hydrogens is 222 g/mol. The monoisotopic (exact) mass is 237 g/mol. The van der Waals surface area contributed by atoms with Crippen molar-refractivity contribution in [2.75, 3.05) is 12.4 Å². The van der Waals surface area contributed by atoms with Crippen LogP contribution in [0.2, 0.25) is 0 Å². The first kappa shape index (κ1) is 11.7. The molecule has 3 N–H and O–H groups in total. The van der Waals surface area contributed by atoms with E-state index in [1.54, 1.807) is 6.07 Å². The van der Waals surface area contributed by atoms with Crippen LogP contribution in [0.4, 0.5) is 5.69 Å². The predicted molar refractivity (Wildman–Crippen MR) is 62.3 cm³/mol. The summed E-state index contributed by atoms with van der Waals surface area (Å²) in [5.74, 6) is -0.291. The van der Waals surface area contributed by atoms with E-state index in [2.05, 4.69) is 5.32 Å². The summed E-state index contributed by atoms with van der Waals surface area (Å²) < 4.78 is 5.10. The topological polar surface area (TPSA) is 78.8 Å². The van der Waals surface area contributed by atoms with Crippen molar-refractivity contribution in [1.82, 2.24) is 0 Å². The van der Waals surface area contributed by atoms with Gasteiger partial charge in [0.05, 0.1) is 18.4 Å². The van der Waals surface area contributed by atoms with Crippen molar-refractivity contribution < 1.29 is 19.7 Å². The average molecular weight is 237 g/mol. The Bertz CT molecular complexity index is 429. The van der Waals surface area contributed by atoms with Gasteiger partial charge in [0.15, 0.2) is 0 Å². The number of anilines is 1. The minimum absolute atomic E-state index is 0.160. The Morgan fingerprint density at radius 3 is 2.76 bits per heavy atom. The maximum atomic E-state index is 10.8. The number of ether oxygens (including phenoxy) is 1. The summed E-state index contributed by atoms with van der Waals surface area (Å²) in [6.07, 6.45) is 1.44. The Hall–Kier alpha value is -1.75. The molecule has 0 heterocycles. The number of carboxylic acids is 1. The number of hydrogen-bond donors (Lipinski definition) is 3. The van der Waals surface area contributed by atoms with Gasteiger partial charge in [-0.05, 0) is 31.0 Å². The van der Waals surface area contributed by atoms with Gasteiger partial charge in [0.2, 0.25) is 0 Å². The zero-order valence-electron chi connectivity index (χ0n) is 9.51. The highest BCUT2D eigenvalue weighted by molar-refractivity contribution is 5.89. The number of aliphatic hydroxyl groups is 1. The molecule has 1 aromatic rings. The third-order valence-corrected chi connectivity index (χ3v) is 2.82. The fraction of sp³-hybridized carbons (Fsp3) is 0.417. The lowest BCUT2D eigenvalue weighted by Gasteiger charge is -2.16. The van der Waals surface area contributed by atoms with Crippen molar-refractivity contribution in [3.05, 3.63) is 23.8 Å². The van der Waals surface area contributed by atoms with E-state index in [1.807, 2.05) is 0 Å². The summed E-state index contributed by atoms with van der Waals surface area (Å²) >= 11 is 0. The number of aromatic carboxylic acids is 1. The van der Waals surface area contributed by atoms with Crippen LogP contribution in [0.1, 0.15) is 23.2 Å². The summed E-state index contributed by atoms with van der Waals surface area (Å²) in [6.45, 7) is 0. The van der Waals surface area contributed by atoms with Crippen LogP contribution in [0, 0.1) is 5.92 Å². The molecule has 92 valence electrons. The first-order valence-electron chi connectivity index (χ1n) is 5.47. The molecule has 0 saturated heterocycles. The maximum Gasteiger partial charge on any atom is 0.335 e. The lowest BCUT2D eigenvalue weighted by molar-refractivity contribution is 0.0696. The molecule has 5 nitrogen and oxygen atoms in total. The first-order valence-corrected chi connectivity index (χ1v) is 5.47. The lowest BCUT2D eigenvalue weighted by atomic mass is 10.2. The largest absolute Gasteiger partial charge is 0.495 e. The van der Waals surface area contributed by atoms with Gasteiger partial charge in [0.25, 0.3) is 0 Å². The Labute approximate surface area is 99.0 Å². The van der Waals surface area contributed by atoms with Crippen LogP contribution < -0.4 is 10.1 Å². The van der Waals surface area contributed by atoms with Crippen LogP contribution in [0.3, 0.4) is 0 Å². The van der Waals surface area contributed by atoms with Crippen LogP contribution in [0.15, 0.2) is 18.2 Å². The van der Waals surface area contributed by atoms with Crippen molar-refractivity contribution >= 4 is 11.7 Å². The van der Waals surface area contributed by atoms with Crippen molar-refractivity contribution in [2.45, 2.75) is 19.1 Å². The standard InChI is InChI=1S/C12H15NO4/c1-17-10-6-8(12(15)16)4-5-9(10)13-11(14)7-2-3-7/h4-7,11,13-14H,2-3H2,1H3,(H,15,16). The molecule has 0 bridgehead atoms. The number of nitrogens with one attached hydrogen (secondary N) is 1. The zero-order valence-corrected chi connectivity index (χ0v) is 9.51. The van der Waals surface area contributed by atoms with E-state index >= 15 is 0 Å². The molecule has 0 amide bonds. The Morgan fingerprint density at radius 1 is 1.53 bits per heavy atom. The molecule has 1 aliphatic rings. The van der Waals surface area contributed by atoms with Crippen LogP contribution in [-0.4, -0.2) is 29.5 Å². The molecule has 17 heavy (non-hydrogen) atoms. The molecule has 0 spiro atoms. The normalized spacial score (nSPS) is 16.4. The van der Waals surface area contributed by atoms with Gasteiger partial charge in [-0.3, -0.25) is 0 Å². The molecule has 1 saturated carbocycles. The molecule has 0 radical (unpaired) electrons. The van der Waals surface area contributed by atoms with Crippen molar-refractivity contribution in [3.8, 4) is 5.75 Å². The van der Waals surface area contributed by atoms with Gasteiger partial charge in [-0.25, -0.2) is 4.79 Å². The highest BCUT2D eigenvalue weighted by Gasteiger charge is 2.30. The number of carboxylic acid groups (broad SMARTS) is 1. The van der Waals surface area contributed by atoms with Gasteiger partial charge in [-0.15, -0.1) is 0 Å². The van der Waals surface area contributed by atoms with Crippen molar-refractivity contribution in [2.24, 2.45) is 5.92 Å². The van der Waals surface area contributed by atoms with Gasteiger partial charge in [-0.1, -0.05) is 0 Å². The van der Waals surface area contributed by atoms with E-state index in [1.165, 1.54) is 19.2 Å². The number of methoxy groups -OCH3 is 1. The molecule has 0 aromatic heterocycles. The van der Waals surface area contributed by atoms with Crippen molar-refractivity contribution in [3.63, 3.8) is 0 Å². The van der Waals surface area contributed by atoms with E-state index < -0.39 is 12.2 Å². The fourth-order valence-electron chi connectivity index (χ4n) is 1.63. The smallest absolute Gasteiger partial charge is 0.335 e. The summed E-state index contributed by atoms with van der Waals surface area (Å²) in [6, 6.07) is 4.52. The average Bonchev–Trinajstić information content (AvgIpc) is 3.13. The number of carbonyl (C=O) groups is 1. The summed E-state index contributed by atoms with van der Waals surface area (Å²) in [7, 11) is 1.47. The number of benzene rings is 1. The minimum atomic E-state index is -1.00.